The third-order valence-electron chi connectivity index (χ3n) is 3.75. The summed E-state index contributed by atoms with van der Waals surface area (Å²) in [5, 5.41) is 8.97. The fourth-order valence-electron chi connectivity index (χ4n) is 2.29. The van der Waals surface area contributed by atoms with Crippen LogP contribution in [0.3, 0.4) is 0 Å². The summed E-state index contributed by atoms with van der Waals surface area (Å²) < 4.78 is 40.9. The molecule has 1 aromatic carbocycles. The molecule has 2 heterocycles. The molecule has 0 aliphatic rings. The van der Waals surface area contributed by atoms with Crippen LogP contribution >= 0.6 is 11.6 Å². The first-order chi connectivity index (χ1) is 12.5. The molecule has 2 aromatic heterocycles. The Balaban J connectivity index is 2.01. The summed E-state index contributed by atoms with van der Waals surface area (Å²) in [4.78, 5) is 3.69. The van der Waals surface area contributed by atoms with E-state index in [0.29, 0.717) is 10.7 Å². The molecule has 0 fully saturated rings. The average Bonchev–Trinajstić information content (AvgIpc) is 3.00. The van der Waals surface area contributed by atoms with Gasteiger partial charge in [0.15, 0.2) is 17.2 Å². The monoisotopic (exact) mass is 395 g/mol. The largest absolute Gasteiger partial charge is 0.433 e. The van der Waals surface area contributed by atoms with E-state index in [-0.39, 0.29) is 16.9 Å². The lowest BCUT2D eigenvalue weighted by atomic mass is 9.93. The van der Waals surface area contributed by atoms with E-state index in [0.717, 1.165) is 11.6 Å². The first-order valence-corrected chi connectivity index (χ1v) is 8.45. The van der Waals surface area contributed by atoms with E-state index in [1.165, 1.54) is 10.7 Å². The minimum Gasteiger partial charge on any atom is -0.261 e. The Labute approximate surface area is 158 Å². The van der Waals surface area contributed by atoms with Crippen molar-refractivity contribution in [3.63, 3.8) is 0 Å². The normalized spacial score (nSPS) is 12.9. The number of anilines is 1. The van der Waals surface area contributed by atoms with Crippen molar-refractivity contribution in [2.75, 3.05) is 5.43 Å². The Kier molecular flexibility index (Phi) is 4.86. The fourth-order valence-corrected chi connectivity index (χ4v) is 2.41. The van der Waals surface area contributed by atoms with Crippen LogP contribution in [-0.2, 0) is 11.6 Å². The van der Waals surface area contributed by atoms with Crippen LogP contribution < -0.4 is 5.43 Å². The molecule has 0 bridgehead atoms. The zero-order valence-electron chi connectivity index (χ0n) is 14.8. The number of aromatic nitrogens is 3. The van der Waals surface area contributed by atoms with Crippen molar-refractivity contribution in [3.05, 3.63) is 58.4 Å². The van der Waals surface area contributed by atoms with Crippen LogP contribution in [0.25, 0.3) is 5.65 Å². The molecule has 0 unspecified atom stereocenters. The molecule has 0 radical (unpaired) electrons. The predicted molar refractivity (Wildman–Crippen MR) is 99.4 cm³/mol. The van der Waals surface area contributed by atoms with Crippen LogP contribution in [0.2, 0.25) is 5.02 Å². The van der Waals surface area contributed by atoms with Crippen LogP contribution in [0.5, 0.6) is 0 Å². The van der Waals surface area contributed by atoms with Gasteiger partial charge in [0.1, 0.15) is 0 Å². The summed E-state index contributed by atoms with van der Waals surface area (Å²) in [5.41, 5.74) is 2.73. The van der Waals surface area contributed by atoms with Gasteiger partial charge in [-0.1, -0.05) is 44.5 Å². The summed E-state index contributed by atoms with van der Waals surface area (Å²) in [5.74, 6) is 0.0630. The molecule has 1 N–H and O–H groups in total. The third kappa shape index (κ3) is 4.39. The van der Waals surface area contributed by atoms with Crippen molar-refractivity contribution in [1.82, 2.24) is 14.6 Å². The molecule has 0 aliphatic carbocycles. The molecule has 0 amide bonds. The number of fused-ring (bicyclic) bond motifs is 1. The minimum atomic E-state index is -4.58. The standard InChI is InChI=1S/C18H17ClF3N5/c1-17(2,3)13-8-15-24-14(18(20,21)22)9-16(27(15)26-13)25-23-10-11-4-6-12(19)7-5-11/h4-10,25H,1-3H3. The lowest BCUT2D eigenvalue weighted by Gasteiger charge is -2.13. The molecule has 27 heavy (non-hydrogen) atoms. The smallest absolute Gasteiger partial charge is 0.261 e. The first kappa shape index (κ1) is 19.2. The molecule has 3 aromatic rings. The summed E-state index contributed by atoms with van der Waals surface area (Å²) in [6, 6.07) is 9.29. The van der Waals surface area contributed by atoms with Crippen molar-refractivity contribution in [2.45, 2.75) is 32.4 Å². The molecule has 5 nitrogen and oxygen atoms in total. The molecule has 142 valence electrons. The highest BCUT2D eigenvalue weighted by molar-refractivity contribution is 6.30. The highest BCUT2D eigenvalue weighted by atomic mass is 35.5. The number of hydrazone groups is 1. The molecular weight excluding hydrogens is 379 g/mol. The zero-order valence-corrected chi connectivity index (χ0v) is 15.6. The molecular formula is C18H17ClF3N5. The summed E-state index contributed by atoms with van der Waals surface area (Å²) >= 11 is 5.82. The maximum Gasteiger partial charge on any atom is 0.433 e. The molecule has 0 aliphatic heterocycles. The van der Waals surface area contributed by atoms with Gasteiger partial charge in [-0.3, -0.25) is 5.43 Å². The summed E-state index contributed by atoms with van der Waals surface area (Å²) in [7, 11) is 0. The molecule has 9 heteroatoms. The SMILES string of the molecule is CC(C)(C)c1cc2nc(C(F)(F)F)cc(NN=Cc3ccc(Cl)cc3)n2n1. The van der Waals surface area contributed by atoms with Crippen LogP contribution in [0, 0.1) is 0 Å². The van der Waals surface area contributed by atoms with Gasteiger partial charge in [-0.25, -0.2) is 4.98 Å². The Morgan fingerprint density at radius 2 is 1.74 bits per heavy atom. The van der Waals surface area contributed by atoms with E-state index in [1.807, 2.05) is 20.8 Å². The lowest BCUT2D eigenvalue weighted by molar-refractivity contribution is -0.141. The fraction of sp³-hybridized carbons (Fsp3) is 0.278. The quantitative estimate of drug-likeness (QED) is 0.493. The van der Waals surface area contributed by atoms with E-state index < -0.39 is 11.9 Å². The number of hydrogen-bond acceptors (Lipinski definition) is 4. The Morgan fingerprint density at radius 1 is 1.07 bits per heavy atom. The molecule has 0 spiro atoms. The lowest BCUT2D eigenvalue weighted by Crippen LogP contribution is -2.13. The Hall–Kier alpha value is -2.61. The highest BCUT2D eigenvalue weighted by Gasteiger charge is 2.34. The van der Waals surface area contributed by atoms with Gasteiger partial charge in [0.05, 0.1) is 11.9 Å². The Morgan fingerprint density at radius 3 is 2.33 bits per heavy atom. The van der Waals surface area contributed by atoms with Crippen molar-refractivity contribution in [1.29, 1.82) is 0 Å². The van der Waals surface area contributed by atoms with Crippen LogP contribution in [0.1, 0.15) is 37.7 Å². The van der Waals surface area contributed by atoms with Crippen LogP contribution in [-0.4, -0.2) is 20.8 Å². The predicted octanol–water partition coefficient (Wildman–Crippen LogP) is 5.15. The number of hydrogen-bond donors (Lipinski definition) is 1. The number of alkyl halides is 3. The maximum atomic E-state index is 13.2. The first-order valence-electron chi connectivity index (χ1n) is 8.07. The number of nitrogens with zero attached hydrogens (tertiary/aromatic N) is 4. The van der Waals surface area contributed by atoms with E-state index in [2.05, 4.69) is 20.6 Å². The Bertz CT molecular complexity index is 985. The van der Waals surface area contributed by atoms with E-state index in [4.69, 9.17) is 11.6 Å². The van der Waals surface area contributed by atoms with Gasteiger partial charge in [-0.2, -0.15) is 27.9 Å². The molecule has 0 saturated heterocycles. The molecule has 0 saturated carbocycles. The second-order valence-electron chi connectivity index (χ2n) is 7.00. The zero-order chi connectivity index (χ0) is 19.8. The number of benzene rings is 1. The van der Waals surface area contributed by atoms with Gasteiger partial charge in [-0.05, 0) is 17.7 Å². The van der Waals surface area contributed by atoms with Crippen molar-refractivity contribution < 1.29 is 13.2 Å². The van der Waals surface area contributed by atoms with Crippen LogP contribution in [0.15, 0.2) is 41.5 Å². The second kappa shape index (κ2) is 6.84. The highest BCUT2D eigenvalue weighted by Crippen LogP contribution is 2.31. The van der Waals surface area contributed by atoms with Gasteiger partial charge in [0.2, 0.25) is 0 Å². The van der Waals surface area contributed by atoms with Gasteiger partial charge in [-0.15, -0.1) is 0 Å². The molecule has 3 rings (SSSR count). The minimum absolute atomic E-state index is 0.0630. The average molecular weight is 396 g/mol. The van der Waals surface area contributed by atoms with E-state index >= 15 is 0 Å². The van der Waals surface area contributed by atoms with Gasteiger partial charge in [0.25, 0.3) is 0 Å². The van der Waals surface area contributed by atoms with Gasteiger partial charge < -0.3 is 0 Å². The van der Waals surface area contributed by atoms with E-state index in [1.54, 1.807) is 30.3 Å². The van der Waals surface area contributed by atoms with Crippen molar-refractivity contribution in [3.8, 4) is 0 Å². The summed E-state index contributed by atoms with van der Waals surface area (Å²) in [6.07, 6.45) is -3.10. The summed E-state index contributed by atoms with van der Waals surface area (Å²) in [6.45, 7) is 5.77. The topological polar surface area (TPSA) is 54.6 Å². The van der Waals surface area contributed by atoms with Crippen molar-refractivity contribution >= 4 is 29.3 Å². The van der Waals surface area contributed by atoms with Crippen molar-refractivity contribution in [2.24, 2.45) is 5.10 Å². The maximum absolute atomic E-state index is 13.2. The number of nitrogens with one attached hydrogen (secondary N) is 1. The van der Waals surface area contributed by atoms with Crippen LogP contribution in [0.4, 0.5) is 19.0 Å². The number of halogens is 4. The molecule has 0 atom stereocenters. The van der Waals surface area contributed by atoms with E-state index in [9.17, 15) is 13.2 Å². The number of rotatable bonds is 3. The van der Waals surface area contributed by atoms with Gasteiger partial charge in [0, 0.05) is 22.6 Å². The third-order valence-corrected chi connectivity index (χ3v) is 4.00. The van der Waals surface area contributed by atoms with Gasteiger partial charge >= 0.3 is 6.18 Å². The second-order valence-corrected chi connectivity index (χ2v) is 7.43.